The third-order valence-electron chi connectivity index (χ3n) is 5.23. The van der Waals surface area contributed by atoms with E-state index in [1.54, 1.807) is 13.8 Å². The van der Waals surface area contributed by atoms with Crippen LogP contribution in [-0.2, 0) is 25.5 Å². The van der Waals surface area contributed by atoms with E-state index < -0.39 is 34.9 Å². The van der Waals surface area contributed by atoms with Crippen molar-refractivity contribution in [2.24, 2.45) is 11.3 Å². The van der Waals surface area contributed by atoms with Crippen LogP contribution in [0.5, 0.6) is 0 Å². The summed E-state index contributed by atoms with van der Waals surface area (Å²) in [6, 6.07) is 9.29. The maximum absolute atomic E-state index is 12.6. The molecule has 5 heteroatoms. The van der Waals surface area contributed by atoms with Crippen LogP contribution in [0.15, 0.2) is 30.3 Å². The van der Waals surface area contributed by atoms with Gasteiger partial charge >= 0.3 is 5.97 Å². The van der Waals surface area contributed by atoms with Crippen molar-refractivity contribution >= 4 is 17.5 Å². The Hall–Kier alpha value is -2.01. The fraction of sp³-hybridized carbons (Fsp3) is 0.571. The number of ether oxygens (including phenoxy) is 1. The molecular weight excluding hydrogens is 330 g/mol. The van der Waals surface area contributed by atoms with Gasteiger partial charge < -0.3 is 10.1 Å². The molecule has 0 aliphatic carbocycles. The molecule has 2 atom stereocenters. The molecule has 0 aromatic heterocycles. The minimum Gasteiger partial charge on any atom is -0.464 e. The highest BCUT2D eigenvalue weighted by atomic mass is 16.5. The fourth-order valence-electron chi connectivity index (χ4n) is 3.08. The molecule has 1 saturated heterocycles. The van der Waals surface area contributed by atoms with Crippen LogP contribution in [0.3, 0.4) is 0 Å². The molecule has 1 aliphatic heterocycles. The van der Waals surface area contributed by atoms with Crippen molar-refractivity contribution in [3.8, 4) is 0 Å². The van der Waals surface area contributed by atoms with Crippen molar-refractivity contribution in [2.75, 3.05) is 13.2 Å². The van der Waals surface area contributed by atoms with Gasteiger partial charge in [0.15, 0.2) is 0 Å². The minimum absolute atomic E-state index is 0.307. The quantitative estimate of drug-likeness (QED) is 0.417. The molecule has 0 radical (unpaired) electrons. The van der Waals surface area contributed by atoms with Crippen molar-refractivity contribution in [3.63, 3.8) is 0 Å². The summed E-state index contributed by atoms with van der Waals surface area (Å²) in [6.07, 6.45) is 2.64. The second-order valence-electron chi connectivity index (χ2n) is 7.51. The number of Topliss-reactive ketones (excluding diaryl/α,β-unsaturated/α-hetero) is 2. The van der Waals surface area contributed by atoms with E-state index in [2.05, 4.69) is 5.32 Å². The zero-order valence-electron chi connectivity index (χ0n) is 15.9. The highest BCUT2D eigenvalue weighted by molar-refractivity contribution is 6.40. The monoisotopic (exact) mass is 359 g/mol. The Labute approximate surface area is 155 Å². The Kier molecular flexibility index (Phi) is 7.09. The molecule has 0 amide bonds. The Morgan fingerprint density at radius 1 is 1.19 bits per heavy atom. The van der Waals surface area contributed by atoms with Gasteiger partial charge in [0.05, 0.1) is 12.5 Å². The molecule has 1 heterocycles. The molecule has 5 nitrogen and oxygen atoms in total. The topological polar surface area (TPSA) is 72.5 Å². The SMILES string of the molecule is CCC(C)(C)C(=O)C(=O)C1CCN[C@@H]1C(=O)OCCCc1ccccc1. The molecule has 142 valence electrons. The van der Waals surface area contributed by atoms with Gasteiger partial charge in [-0.2, -0.15) is 0 Å². The number of rotatable bonds is 9. The normalized spacial score (nSPS) is 20.0. The summed E-state index contributed by atoms with van der Waals surface area (Å²) in [5, 5.41) is 3.02. The van der Waals surface area contributed by atoms with Crippen molar-refractivity contribution < 1.29 is 19.1 Å². The average molecular weight is 359 g/mol. The first kappa shape index (κ1) is 20.3. The lowest BCUT2D eigenvalue weighted by Gasteiger charge is -2.23. The van der Waals surface area contributed by atoms with Crippen LogP contribution in [0.25, 0.3) is 0 Å². The van der Waals surface area contributed by atoms with E-state index in [0.29, 0.717) is 26.0 Å². The summed E-state index contributed by atoms with van der Waals surface area (Å²) >= 11 is 0. The Balaban J connectivity index is 1.85. The first-order chi connectivity index (χ1) is 12.4. The van der Waals surface area contributed by atoms with Crippen LogP contribution in [0.4, 0.5) is 0 Å². The van der Waals surface area contributed by atoms with Gasteiger partial charge in [0.1, 0.15) is 6.04 Å². The van der Waals surface area contributed by atoms with E-state index in [1.807, 2.05) is 37.3 Å². The van der Waals surface area contributed by atoms with Crippen LogP contribution in [0, 0.1) is 11.3 Å². The zero-order valence-corrected chi connectivity index (χ0v) is 15.9. The lowest BCUT2D eigenvalue weighted by molar-refractivity contribution is -0.151. The largest absolute Gasteiger partial charge is 0.464 e. The summed E-state index contributed by atoms with van der Waals surface area (Å²) < 4.78 is 5.35. The van der Waals surface area contributed by atoms with Crippen LogP contribution in [0.1, 0.15) is 45.6 Å². The molecular formula is C21H29NO4. The van der Waals surface area contributed by atoms with Crippen LogP contribution >= 0.6 is 0 Å². The van der Waals surface area contributed by atoms with Crippen molar-refractivity contribution in [2.45, 2.75) is 52.5 Å². The first-order valence-corrected chi connectivity index (χ1v) is 9.39. The number of aryl methyl sites for hydroxylation is 1. The summed E-state index contributed by atoms with van der Waals surface area (Å²) in [5.74, 6) is -1.89. The maximum atomic E-state index is 12.6. The fourth-order valence-corrected chi connectivity index (χ4v) is 3.08. The summed E-state index contributed by atoms with van der Waals surface area (Å²) in [5.41, 5.74) is 0.507. The second kappa shape index (κ2) is 9.08. The molecule has 1 aromatic carbocycles. The zero-order chi connectivity index (χ0) is 19.2. The van der Waals surface area contributed by atoms with Gasteiger partial charge in [0.2, 0.25) is 11.6 Å². The Morgan fingerprint density at radius 3 is 2.54 bits per heavy atom. The van der Waals surface area contributed by atoms with Gasteiger partial charge in [-0.25, -0.2) is 0 Å². The molecule has 2 rings (SSSR count). The smallest absolute Gasteiger partial charge is 0.323 e. The molecule has 1 fully saturated rings. The summed E-state index contributed by atoms with van der Waals surface area (Å²) in [4.78, 5) is 37.4. The number of benzene rings is 1. The van der Waals surface area contributed by atoms with Gasteiger partial charge in [-0.15, -0.1) is 0 Å². The molecule has 0 spiro atoms. The van der Waals surface area contributed by atoms with Crippen molar-refractivity contribution in [1.82, 2.24) is 5.32 Å². The molecule has 1 aliphatic rings. The van der Waals surface area contributed by atoms with Gasteiger partial charge in [0.25, 0.3) is 0 Å². The maximum Gasteiger partial charge on any atom is 0.323 e. The molecule has 1 unspecified atom stereocenters. The van der Waals surface area contributed by atoms with Gasteiger partial charge in [-0.05, 0) is 37.8 Å². The highest BCUT2D eigenvalue weighted by Gasteiger charge is 2.44. The van der Waals surface area contributed by atoms with E-state index in [0.717, 1.165) is 12.8 Å². The van der Waals surface area contributed by atoms with Crippen LogP contribution in [-0.4, -0.2) is 36.7 Å². The second-order valence-corrected chi connectivity index (χ2v) is 7.51. The van der Waals surface area contributed by atoms with Gasteiger partial charge in [-0.3, -0.25) is 14.4 Å². The molecule has 1 aromatic rings. The number of hydrogen-bond acceptors (Lipinski definition) is 5. The third kappa shape index (κ3) is 5.01. The predicted octanol–water partition coefficient (Wildman–Crippen LogP) is 2.71. The average Bonchev–Trinajstić information content (AvgIpc) is 3.14. The molecule has 1 N–H and O–H groups in total. The molecule has 26 heavy (non-hydrogen) atoms. The number of esters is 1. The number of hydrogen-bond donors (Lipinski definition) is 1. The van der Waals surface area contributed by atoms with E-state index in [9.17, 15) is 14.4 Å². The van der Waals surface area contributed by atoms with Crippen molar-refractivity contribution in [3.05, 3.63) is 35.9 Å². The summed E-state index contributed by atoms with van der Waals surface area (Å²) in [7, 11) is 0. The lowest BCUT2D eigenvalue weighted by Crippen LogP contribution is -2.44. The molecule has 0 saturated carbocycles. The van der Waals surface area contributed by atoms with Gasteiger partial charge in [-0.1, -0.05) is 51.1 Å². The predicted molar refractivity (Wildman–Crippen MR) is 99.7 cm³/mol. The molecule has 0 bridgehead atoms. The third-order valence-corrected chi connectivity index (χ3v) is 5.23. The van der Waals surface area contributed by atoms with Crippen LogP contribution < -0.4 is 5.32 Å². The standard InChI is InChI=1S/C21H29NO4/c1-4-21(2,3)19(24)18(23)16-12-13-22-17(16)20(25)26-14-8-11-15-9-6-5-7-10-15/h5-7,9-10,16-17,22H,4,8,11-14H2,1-3H3/t16?,17-/m0/s1. The van der Waals surface area contributed by atoms with Gasteiger partial charge in [0, 0.05) is 5.41 Å². The first-order valence-electron chi connectivity index (χ1n) is 9.39. The van der Waals surface area contributed by atoms with E-state index in [4.69, 9.17) is 4.74 Å². The highest BCUT2D eigenvalue weighted by Crippen LogP contribution is 2.27. The minimum atomic E-state index is -0.712. The summed E-state index contributed by atoms with van der Waals surface area (Å²) in [6.45, 7) is 6.27. The Morgan fingerprint density at radius 2 is 1.88 bits per heavy atom. The number of ketones is 2. The number of carbonyl (C=O) groups excluding carboxylic acids is 3. The lowest BCUT2D eigenvalue weighted by atomic mass is 9.79. The number of nitrogens with one attached hydrogen (secondary N) is 1. The van der Waals surface area contributed by atoms with Crippen molar-refractivity contribution in [1.29, 1.82) is 0 Å². The number of carbonyl (C=O) groups is 3. The Bertz CT molecular complexity index is 639. The van der Waals surface area contributed by atoms with Crippen LogP contribution in [0.2, 0.25) is 0 Å². The van der Waals surface area contributed by atoms with E-state index in [1.165, 1.54) is 5.56 Å². The van der Waals surface area contributed by atoms with E-state index in [-0.39, 0.29) is 0 Å². The van der Waals surface area contributed by atoms with E-state index >= 15 is 0 Å².